The van der Waals surface area contributed by atoms with Gasteiger partial charge in [0.1, 0.15) is 0 Å². The van der Waals surface area contributed by atoms with E-state index in [2.05, 4.69) is 37.2 Å². The molecule has 0 aromatic heterocycles. The minimum atomic E-state index is 0.289. The fraction of sp³-hybridized carbons (Fsp3) is 0.143. The van der Waals surface area contributed by atoms with E-state index in [1.54, 1.807) is 0 Å². The molecule has 5 heteroatoms. The SMILES string of the molecule is Brc1ccc(NCc2cc(Br)c3c(c2)OCO3)cc1. The van der Waals surface area contributed by atoms with E-state index in [4.69, 9.17) is 9.47 Å². The first-order valence-electron chi connectivity index (χ1n) is 5.80. The second-order valence-corrected chi connectivity index (χ2v) is 5.94. The van der Waals surface area contributed by atoms with Crippen LogP contribution in [0.25, 0.3) is 0 Å². The third-order valence-corrected chi connectivity index (χ3v) is 3.95. The molecule has 1 aliphatic heterocycles. The van der Waals surface area contributed by atoms with Gasteiger partial charge in [0.25, 0.3) is 0 Å². The first kappa shape index (κ1) is 12.8. The van der Waals surface area contributed by atoms with Crippen LogP contribution in [0.15, 0.2) is 45.3 Å². The Labute approximate surface area is 128 Å². The van der Waals surface area contributed by atoms with E-state index in [-0.39, 0.29) is 6.79 Å². The molecule has 3 rings (SSSR count). The predicted molar refractivity (Wildman–Crippen MR) is 81.7 cm³/mol. The Hall–Kier alpha value is -1.20. The van der Waals surface area contributed by atoms with Crippen molar-refractivity contribution in [1.82, 2.24) is 0 Å². The topological polar surface area (TPSA) is 30.5 Å². The van der Waals surface area contributed by atoms with Gasteiger partial charge in [0.15, 0.2) is 11.5 Å². The lowest BCUT2D eigenvalue weighted by Crippen LogP contribution is -1.99. The monoisotopic (exact) mass is 383 g/mol. The number of hydrogen-bond acceptors (Lipinski definition) is 3. The average molecular weight is 385 g/mol. The first-order valence-corrected chi connectivity index (χ1v) is 7.38. The van der Waals surface area contributed by atoms with Crippen molar-refractivity contribution in [2.24, 2.45) is 0 Å². The van der Waals surface area contributed by atoms with Crippen molar-refractivity contribution in [2.45, 2.75) is 6.54 Å². The zero-order valence-corrected chi connectivity index (χ0v) is 13.1. The van der Waals surface area contributed by atoms with Gasteiger partial charge in [-0.15, -0.1) is 0 Å². The maximum atomic E-state index is 5.40. The van der Waals surface area contributed by atoms with Gasteiger partial charge >= 0.3 is 0 Å². The van der Waals surface area contributed by atoms with Crippen molar-refractivity contribution >= 4 is 37.5 Å². The van der Waals surface area contributed by atoms with Crippen LogP contribution in [0.4, 0.5) is 5.69 Å². The largest absolute Gasteiger partial charge is 0.454 e. The van der Waals surface area contributed by atoms with Gasteiger partial charge in [-0.05, 0) is 57.9 Å². The summed E-state index contributed by atoms with van der Waals surface area (Å²) in [6.45, 7) is 1.02. The van der Waals surface area contributed by atoms with Crippen molar-refractivity contribution in [3.8, 4) is 11.5 Å². The van der Waals surface area contributed by atoms with Crippen LogP contribution in [0.3, 0.4) is 0 Å². The molecule has 0 fully saturated rings. The molecule has 2 aromatic rings. The number of rotatable bonds is 3. The minimum absolute atomic E-state index is 0.289. The molecule has 0 radical (unpaired) electrons. The highest BCUT2D eigenvalue weighted by atomic mass is 79.9. The van der Waals surface area contributed by atoms with E-state index < -0.39 is 0 Å². The molecule has 0 spiro atoms. The van der Waals surface area contributed by atoms with Gasteiger partial charge in [-0.25, -0.2) is 0 Å². The van der Waals surface area contributed by atoms with Crippen LogP contribution >= 0.6 is 31.9 Å². The van der Waals surface area contributed by atoms with E-state index in [1.165, 1.54) is 0 Å². The highest BCUT2D eigenvalue weighted by Crippen LogP contribution is 2.40. The van der Waals surface area contributed by atoms with Crippen LogP contribution in [0.2, 0.25) is 0 Å². The number of nitrogens with one attached hydrogen (secondary N) is 1. The summed E-state index contributed by atoms with van der Waals surface area (Å²) in [6, 6.07) is 12.1. The van der Waals surface area contributed by atoms with Crippen LogP contribution in [0, 0.1) is 0 Å². The second kappa shape index (κ2) is 5.43. The van der Waals surface area contributed by atoms with Gasteiger partial charge in [0.05, 0.1) is 4.47 Å². The first-order chi connectivity index (χ1) is 9.22. The van der Waals surface area contributed by atoms with Crippen LogP contribution < -0.4 is 14.8 Å². The summed E-state index contributed by atoms with van der Waals surface area (Å²) in [4.78, 5) is 0. The third-order valence-electron chi connectivity index (χ3n) is 2.83. The molecule has 0 atom stereocenters. The lowest BCUT2D eigenvalue weighted by molar-refractivity contribution is 0.173. The normalized spacial score (nSPS) is 12.5. The molecule has 0 aliphatic carbocycles. The Balaban J connectivity index is 1.73. The van der Waals surface area contributed by atoms with E-state index >= 15 is 0 Å². The van der Waals surface area contributed by atoms with Gasteiger partial charge in [-0.1, -0.05) is 15.9 Å². The zero-order valence-electron chi connectivity index (χ0n) is 9.95. The van der Waals surface area contributed by atoms with Crippen molar-refractivity contribution in [2.75, 3.05) is 12.1 Å². The maximum Gasteiger partial charge on any atom is 0.231 e. The highest BCUT2D eigenvalue weighted by molar-refractivity contribution is 9.10. The number of benzene rings is 2. The molecule has 0 unspecified atom stereocenters. The molecule has 98 valence electrons. The van der Waals surface area contributed by atoms with Crippen molar-refractivity contribution in [3.63, 3.8) is 0 Å². The number of ether oxygens (including phenoxy) is 2. The maximum absolute atomic E-state index is 5.40. The van der Waals surface area contributed by atoms with E-state index in [0.717, 1.165) is 38.2 Å². The van der Waals surface area contributed by atoms with Crippen LogP contribution in [0.1, 0.15) is 5.56 Å². The summed E-state index contributed by atoms with van der Waals surface area (Å²) in [6.07, 6.45) is 0. The Kier molecular flexibility index (Phi) is 3.66. The number of anilines is 1. The van der Waals surface area contributed by atoms with Gasteiger partial charge in [0, 0.05) is 16.7 Å². The lowest BCUT2D eigenvalue weighted by atomic mass is 10.2. The molecule has 19 heavy (non-hydrogen) atoms. The standard InChI is InChI=1S/C14H11Br2NO2/c15-10-1-3-11(4-2-10)17-7-9-5-12(16)14-13(6-9)18-8-19-14/h1-6,17H,7-8H2. The summed E-state index contributed by atoms with van der Waals surface area (Å²) in [5.41, 5.74) is 2.22. The fourth-order valence-corrected chi connectivity index (χ4v) is 2.76. The van der Waals surface area contributed by atoms with Gasteiger partial charge in [0.2, 0.25) is 6.79 Å². The third kappa shape index (κ3) is 2.87. The van der Waals surface area contributed by atoms with Crippen molar-refractivity contribution in [1.29, 1.82) is 0 Å². The smallest absolute Gasteiger partial charge is 0.231 e. The molecular formula is C14H11Br2NO2. The van der Waals surface area contributed by atoms with Gasteiger partial charge in [-0.3, -0.25) is 0 Å². The minimum Gasteiger partial charge on any atom is -0.454 e. The Morgan fingerprint density at radius 1 is 1.05 bits per heavy atom. The Morgan fingerprint density at radius 3 is 2.63 bits per heavy atom. The second-order valence-electron chi connectivity index (χ2n) is 4.17. The number of hydrogen-bond donors (Lipinski definition) is 1. The summed E-state index contributed by atoms with van der Waals surface area (Å²) in [5, 5.41) is 3.37. The van der Waals surface area contributed by atoms with Crippen LogP contribution in [-0.2, 0) is 6.54 Å². The van der Waals surface area contributed by atoms with Gasteiger partial charge < -0.3 is 14.8 Å². The van der Waals surface area contributed by atoms with E-state index in [9.17, 15) is 0 Å². The zero-order chi connectivity index (χ0) is 13.2. The highest BCUT2D eigenvalue weighted by Gasteiger charge is 2.17. The predicted octanol–water partition coefficient (Wildman–Crippen LogP) is 4.55. The molecule has 1 N–H and O–H groups in total. The summed E-state index contributed by atoms with van der Waals surface area (Å²) in [5.74, 6) is 1.58. The molecule has 0 amide bonds. The molecule has 0 saturated heterocycles. The summed E-state index contributed by atoms with van der Waals surface area (Å²) in [7, 11) is 0. The lowest BCUT2D eigenvalue weighted by Gasteiger charge is -2.08. The summed E-state index contributed by atoms with van der Waals surface area (Å²) >= 11 is 6.92. The van der Waals surface area contributed by atoms with E-state index in [1.807, 2.05) is 36.4 Å². The molecule has 1 heterocycles. The number of fused-ring (bicyclic) bond motifs is 1. The van der Waals surface area contributed by atoms with Crippen LogP contribution in [0.5, 0.6) is 11.5 Å². The molecule has 0 bridgehead atoms. The molecule has 2 aromatic carbocycles. The van der Waals surface area contributed by atoms with Gasteiger partial charge in [-0.2, -0.15) is 0 Å². The fourth-order valence-electron chi connectivity index (χ4n) is 1.89. The quantitative estimate of drug-likeness (QED) is 0.841. The molecule has 3 nitrogen and oxygen atoms in total. The Bertz CT molecular complexity index is 599. The van der Waals surface area contributed by atoms with Crippen LogP contribution in [-0.4, -0.2) is 6.79 Å². The Morgan fingerprint density at radius 2 is 1.84 bits per heavy atom. The number of halogens is 2. The summed E-state index contributed by atoms with van der Waals surface area (Å²) < 4.78 is 12.8. The average Bonchev–Trinajstić information content (AvgIpc) is 2.87. The van der Waals surface area contributed by atoms with Crippen molar-refractivity contribution in [3.05, 3.63) is 50.9 Å². The molecule has 0 saturated carbocycles. The molecule has 1 aliphatic rings. The van der Waals surface area contributed by atoms with Crippen molar-refractivity contribution < 1.29 is 9.47 Å². The molecular weight excluding hydrogens is 374 g/mol. The van der Waals surface area contributed by atoms with E-state index in [0.29, 0.717) is 0 Å².